The number of Topliss-reactive ketones (excluding diaryl/α,β-unsaturated/α-hetero) is 1. The lowest BCUT2D eigenvalue weighted by Gasteiger charge is -2.09. The van der Waals surface area contributed by atoms with Crippen LogP contribution in [0.3, 0.4) is 0 Å². The van der Waals surface area contributed by atoms with Gasteiger partial charge in [0.2, 0.25) is 0 Å². The van der Waals surface area contributed by atoms with Gasteiger partial charge < -0.3 is 0 Å². The summed E-state index contributed by atoms with van der Waals surface area (Å²) in [6.07, 6.45) is 2.59. The smallest absolute Gasteiger partial charge is 0.163 e. The summed E-state index contributed by atoms with van der Waals surface area (Å²) in [5, 5.41) is 4.65. The van der Waals surface area contributed by atoms with Gasteiger partial charge in [-0.1, -0.05) is 25.1 Å². The third-order valence-corrected chi connectivity index (χ3v) is 4.16. The maximum absolute atomic E-state index is 11.9. The van der Waals surface area contributed by atoms with Crippen LogP contribution in [0.5, 0.6) is 0 Å². The van der Waals surface area contributed by atoms with Crippen molar-refractivity contribution in [1.82, 2.24) is 9.78 Å². The lowest BCUT2D eigenvalue weighted by Crippen LogP contribution is -2.01. The number of ketones is 1. The van der Waals surface area contributed by atoms with Crippen molar-refractivity contribution in [3.8, 4) is 11.1 Å². The van der Waals surface area contributed by atoms with Gasteiger partial charge in [0.05, 0.1) is 5.69 Å². The van der Waals surface area contributed by atoms with E-state index in [0.29, 0.717) is 6.42 Å². The molecule has 20 heavy (non-hydrogen) atoms. The van der Waals surface area contributed by atoms with Crippen molar-refractivity contribution in [3.63, 3.8) is 0 Å². The quantitative estimate of drug-likeness (QED) is 0.850. The summed E-state index contributed by atoms with van der Waals surface area (Å²) in [5.41, 5.74) is 6.79. The van der Waals surface area contributed by atoms with Gasteiger partial charge >= 0.3 is 0 Å². The van der Waals surface area contributed by atoms with Crippen LogP contribution in [0.25, 0.3) is 11.1 Å². The van der Waals surface area contributed by atoms with Crippen molar-refractivity contribution in [3.05, 3.63) is 40.7 Å². The molecule has 0 radical (unpaired) electrons. The molecular weight excluding hydrogens is 248 g/mol. The second kappa shape index (κ2) is 4.89. The molecular formula is C17H20N2O. The Morgan fingerprint density at radius 2 is 1.95 bits per heavy atom. The molecule has 3 rings (SSSR count). The summed E-state index contributed by atoms with van der Waals surface area (Å²) >= 11 is 0. The maximum Gasteiger partial charge on any atom is 0.163 e. The van der Waals surface area contributed by atoms with Crippen molar-refractivity contribution in [1.29, 1.82) is 0 Å². The molecule has 1 heterocycles. The van der Waals surface area contributed by atoms with Gasteiger partial charge in [-0.15, -0.1) is 0 Å². The number of rotatable bonds is 3. The Labute approximate surface area is 119 Å². The van der Waals surface area contributed by atoms with E-state index in [1.165, 1.54) is 22.4 Å². The SMILES string of the molecule is CCCn1nc(C)c(-c2cccc3c2CCC3=O)c1C. The standard InChI is InChI=1S/C17H20N2O/c1-4-10-19-12(3)17(11(2)18-19)15-7-5-6-14-13(15)8-9-16(14)20/h5-7H,4,8-10H2,1-3H3. The number of aromatic nitrogens is 2. The summed E-state index contributed by atoms with van der Waals surface area (Å²) in [7, 11) is 0. The number of benzene rings is 1. The van der Waals surface area contributed by atoms with Crippen LogP contribution in [0.1, 0.15) is 47.1 Å². The molecule has 0 amide bonds. The van der Waals surface area contributed by atoms with Crippen LogP contribution in [0.4, 0.5) is 0 Å². The third-order valence-electron chi connectivity index (χ3n) is 4.16. The molecule has 0 saturated heterocycles. The summed E-state index contributed by atoms with van der Waals surface area (Å²) in [6.45, 7) is 7.29. The molecule has 2 aromatic rings. The highest BCUT2D eigenvalue weighted by molar-refractivity contribution is 6.02. The van der Waals surface area contributed by atoms with Crippen LogP contribution in [-0.2, 0) is 13.0 Å². The van der Waals surface area contributed by atoms with Gasteiger partial charge in [0, 0.05) is 29.8 Å². The van der Waals surface area contributed by atoms with Crippen LogP contribution in [0, 0.1) is 13.8 Å². The van der Waals surface area contributed by atoms with E-state index >= 15 is 0 Å². The molecule has 0 bridgehead atoms. The Morgan fingerprint density at radius 3 is 2.70 bits per heavy atom. The number of hydrogen-bond donors (Lipinski definition) is 0. The fourth-order valence-electron chi connectivity index (χ4n) is 3.24. The van der Waals surface area contributed by atoms with Gasteiger partial charge in [-0.05, 0) is 37.8 Å². The van der Waals surface area contributed by atoms with Crippen LogP contribution in [-0.4, -0.2) is 15.6 Å². The third kappa shape index (κ3) is 1.89. The average molecular weight is 268 g/mol. The van der Waals surface area contributed by atoms with Gasteiger partial charge in [0.15, 0.2) is 5.78 Å². The minimum Gasteiger partial charge on any atom is -0.294 e. The second-order valence-electron chi connectivity index (χ2n) is 5.52. The second-order valence-corrected chi connectivity index (χ2v) is 5.52. The van der Waals surface area contributed by atoms with E-state index in [0.717, 1.165) is 30.6 Å². The minimum absolute atomic E-state index is 0.276. The zero-order valence-corrected chi connectivity index (χ0v) is 12.4. The Kier molecular flexibility index (Phi) is 3.20. The Morgan fingerprint density at radius 1 is 1.20 bits per heavy atom. The first kappa shape index (κ1) is 13.1. The van der Waals surface area contributed by atoms with Gasteiger partial charge in [0.25, 0.3) is 0 Å². The van der Waals surface area contributed by atoms with E-state index in [1.54, 1.807) is 0 Å². The van der Waals surface area contributed by atoms with Crippen molar-refractivity contribution >= 4 is 5.78 Å². The number of fused-ring (bicyclic) bond motifs is 1. The highest BCUT2D eigenvalue weighted by Crippen LogP contribution is 2.35. The lowest BCUT2D eigenvalue weighted by atomic mass is 9.95. The highest BCUT2D eigenvalue weighted by atomic mass is 16.1. The predicted molar refractivity (Wildman–Crippen MR) is 80.1 cm³/mol. The monoisotopic (exact) mass is 268 g/mol. The summed E-state index contributed by atoms with van der Waals surface area (Å²) < 4.78 is 2.08. The molecule has 1 aromatic carbocycles. The number of nitrogens with zero attached hydrogens (tertiary/aromatic N) is 2. The largest absolute Gasteiger partial charge is 0.294 e. The molecule has 1 aliphatic rings. The molecule has 0 unspecified atom stereocenters. The van der Waals surface area contributed by atoms with Crippen molar-refractivity contribution in [2.24, 2.45) is 0 Å². The summed E-state index contributed by atoms with van der Waals surface area (Å²) in [4.78, 5) is 11.9. The topological polar surface area (TPSA) is 34.9 Å². The number of carbonyl (C=O) groups excluding carboxylic acids is 1. The van der Waals surface area contributed by atoms with Gasteiger partial charge in [-0.3, -0.25) is 9.48 Å². The lowest BCUT2D eigenvalue weighted by molar-refractivity contribution is 0.0994. The fraction of sp³-hybridized carbons (Fsp3) is 0.412. The zero-order chi connectivity index (χ0) is 14.3. The molecule has 1 aromatic heterocycles. The van der Waals surface area contributed by atoms with Crippen LogP contribution < -0.4 is 0 Å². The number of aryl methyl sites for hydroxylation is 2. The molecule has 0 N–H and O–H groups in total. The molecule has 3 heteroatoms. The Balaban J connectivity index is 2.18. The molecule has 0 saturated carbocycles. The van der Waals surface area contributed by atoms with Crippen LogP contribution in [0.2, 0.25) is 0 Å². The van der Waals surface area contributed by atoms with Crippen molar-refractivity contribution in [2.45, 2.75) is 46.6 Å². The molecule has 104 valence electrons. The van der Waals surface area contributed by atoms with E-state index < -0.39 is 0 Å². The predicted octanol–water partition coefficient (Wildman–Crippen LogP) is 3.71. The van der Waals surface area contributed by atoms with Crippen molar-refractivity contribution in [2.75, 3.05) is 0 Å². The van der Waals surface area contributed by atoms with Gasteiger partial charge in [0.1, 0.15) is 0 Å². The van der Waals surface area contributed by atoms with E-state index in [-0.39, 0.29) is 5.78 Å². The summed E-state index contributed by atoms with van der Waals surface area (Å²) in [6, 6.07) is 6.08. The van der Waals surface area contributed by atoms with Crippen LogP contribution in [0.15, 0.2) is 18.2 Å². The highest BCUT2D eigenvalue weighted by Gasteiger charge is 2.24. The molecule has 0 atom stereocenters. The first-order valence-electron chi connectivity index (χ1n) is 7.33. The van der Waals surface area contributed by atoms with Crippen LogP contribution >= 0.6 is 0 Å². The number of hydrogen-bond acceptors (Lipinski definition) is 2. The summed E-state index contributed by atoms with van der Waals surface area (Å²) in [5.74, 6) is 0.276. The Hall–Kier alpha value is -1.90. The van der Waals surface area contributed by atoms with Gasteiger partial charge in [-0.2, -0.15) is 5.10 Å². The molecule has 0 spiro atoms. The van der Waals surface area contributed by atoms with E-state index in [1.807, 2.05) is 12.1 Å². The normalized spacial score (nSPS) is 13.8. The van der Waals surface area contributed by atoms with E-state index in [2.05, 4.69) is 36.6 Å². The average Bonchev–Trinajstić information content (AvgIpc) is 2.93. The molecule has 3 nitrogen and oxygen atoms in total. The van der Waals surface area contributed by atoms with Crippen molar-refractivity contribution < 1.29 is 4.79 Å². The maximum atomic E-state index is 11.9. The van der Waals surface area contributed by atoms with E-state index in [4.69, 9.17) is 0 Å². The molecule has 0 fully saturated rings. The zero-order valence-electron chi connectivity index (χ0n) is 12.4. The molecule has 1 aliphatic carbocycles. The first-order valence-corrected chi connectivity index (χ1v) is 7.33. The number of carbonyl (C=O) groups is 1. The van der Waals surface area contributed by atoms with E-state index in [9.17, 15) is 4.79 Å². The van der Waals surface area contributed by atoms with Gasteiger partial charge in [-0.25, -0.2) is 0 Å². The fourth-order valence-corrected chi connectivity index (χ4v) is 3.24. The Bertz CT molecular complexity index is 683. The first-order chi connectivity index (χ1) is 9.63. The minimum atomic E-state index is 0.276. The molecule has 0 aliphatic heterocycles.